The maximum Gasteiger partial charge on any atom is 0.160 e. The van der Waals surface area contributed by atoms with Crippen LogP contribution >= 0.6 is 0 Å². The first-order chi connectivity index (χ1) is 5.63. The highest BCUT2D eigenvalue weighted by molar-refractivity contribution is 5.95. The number of benzene rings is 1. The molecule has 0 heterocycles. The molecule has 1 unspecified atom stereocenters. The highest BCUT2D eigenvalue weighted by atomic mass is 19.1. The first-order valence-electron chi connectivity index (χ1n) is 3.87. The van der Waals surface area contributed by atoms with Gasteiger partial charge in [-0.15, -0.1) is 0 Å². The lowest BCUT2D eigenvalue weighted by Crippen LogP contribution is -1.99. The second-order valence-electron chi connectivity index (χ2n) is 2.76. The van der Waals surface area contributed by atoms with Gasteiger partial charge in [0, 0.05) is 5.56 Å². The van der Waals surface area contributed by atoms with Gasteiger partial charge in [-0.1, -0.05) is 24.3 Å². The Kier molecular flexibility index (Phi) is 2.58. The van der Waals surface area contributed by atoms with Crippen LogP contribution < -0.4 is 0 Å². The fraction of sp³-hybridized carbons (Fsp3) is 0.300. The molecule has 0 fully saturated rings. The molecule has 0 spiro atoms. The Labute approximate surface area is 71.2 Å². The van der Waals surface area contributed by atoms with Crippen LogP contribution in [0.3, 0.4) is 0 Å². The van der Waals surface area contributed by atoms with Gasteiger partial charge in [-0.25, -0.2) is 4.39 Å². The van der Waals surface area contributed by atoms with Crippen molar-refractivity contribution in [2.75, 3.05) is 0 Å². The summed E-state index contributed by atoms with van der Waals surface area (Å²) in [5.74, 6) is -0.0879. The Morgan fingerprint density at radius 3 is 2.42 bits per heavy atom. The zero-order valence-electron chi connectivity index (χ0n) is 7.17. The highest BCUT2D eigenvalue weighted by Gasteiger charge is 2.10. The summed E-state index contributed by atoms with van der Waals surface area (Å²) < 4.78 is 12.9. The Hall–Kier alpha value is -1.18. The minimum Gasteiger partial charge on any atom is -0.294 e. The van der Waals surface area contributed by atoms with Crippen molar-refractivity contribution in [2.45, 2.75) is 20.0 Å². The van der Waals surface area contributed by atoms with Gasteiger partial charge in [-0.2, -0.15) is 0 Å². The minimum atomic E-state index is -1.08. The molecule has 2 heteroatoms. The van der Waals surface area contributed by atoms with E-state index in [-0.39, 0.29) is 5.78 Å². The van der Waals surface area contributed by atoms with E-state index in [1.807, 2.05) is 0 Å². The highest BCUT2D eigenvalue weighted by Crippen LogP contribution is 2.20. The fourth-order valence-electron chi connectivity index (χ4n) is 1.16. The number of carbonyl (C=O) groups excluding carboxylic acids is 1. The van der Waals surface area contributed by atoms with Gasteiger partial charge in [0.25, 0.3) is 0 Å². The molecular weight excluding hydrogens is 155 g/mol. The molecule has 1 atom stereocenters. The summed E-state index contributed by atoms with van der Waals surface area (Å²) in [6, 6.07) is 6.76. The van der Waals surface area contributed by atoms with E-state index in [1.165, 1.54) is 13.8 Å². The van der Waals surface area contributed by atoms with Crippen molar-refractivity contribution in [3.8, 4) is 0 Å². The molecule has 1 aromatic rings. The van der Waals surface area contributed by atoms with E-state index >= 15 is 0 Å². The summed E-state index contributed by atoms with van der Waals surface area (Å²) in [6.07, 6.45) is -1.08. The standard InChI is InChI=1S/C10H11FO/c1-7(11)9-5-3-4-6-10(9)8(2)12/h3-7H,1-2H3. The van der Waals surface area contributed by atoms with Gasteiger partial charge in [-0.3, -0.25) is 4.79 Å². The zero-order valence-corrected chi connectivity index (χ0v) is 7.17. The third-order valence-corrected chi connectivity index (χ3v) is 1.77. The van der Waals surface area contributed by atoms with Crippen LogP contribution in [0.5, 0.6) is 0 Å². The molecule has 0 bridgehead atoms. The number of hydrogen-bond acceptors (Lipinski definition) is 1. The van der Waals surface area contributed by atoms with E-state index in [9.17, 15) is 9.18 Å². The van der Waals surface area contributed by atoms with E-state index in [0.29, 0.717) is 11.1 Å². The number of rotatable bonds is 2. The summed E-state index contributed by atoms with van der Waals surface area (Å²) in [4.78, 5) is 11.0. The molecule has 12 heavy (non-hydrogen) atoms. The smallest absolute Gasteiger partial charge is 0.160 e. The first kappa shape index (κ1) is 8.91. The number of ketones is 1. The van der Waals surface area contributed by atoms with Crippen LogP contribution in [0.1, 0.15) is 35.9 Å². The first-order valence-corrected chi connectivity index (χ1v) is 3.87. The van der Waals surface area contributed by atoms with Crippen molar-refractivity contribution in [1.82, 2.24) is 0 Å². The van der Waals surface area contributed by atoms with Crippen molar-refractivity contribution in [1.29, 1.82) is 0 Å². The van der Waals surface area contributed by atoms with Gasteiger partial charge in [0.2, 0.25) is 0 Å². The Morgan fingerprint density at radius 1 is 1.42 bits per heavy atom. The van der Waals surface area contributed by atoms with E-state index in [0.717, 1.165) is 0 Å². The van der Waals surface area contributed by atoms with E-state index in [1.54, 1.807) is 24.3 Å². The van der Waals surface area contributed by atoms with Crippen molar-refractivity contribution >= 4 is 5.78 Å². The molecule has 1 rings (SSSR count). The Bertz CT molecular complexity index is 292. The molecular formula is C10H11FO. The minimum absolute atomic E-state index is 0.0879. The monoisotopic (exact) mass is 166 g/mol. The zero-order chi connectivity index (χ0) is 9.14. The molecule has 0 radical (unpaired) electrons. The molecule has 1 nitrogen and oxygen atoms in total. The molecule has 64 valence electrons. The number of carbonyl (C=O) groups is 1. The van der Waals surface area contributed by atoms with E-state index in [4.69, 9.17) is 0 Å². The van der Waals surface area contributed by atoms with Gasteiger partial charge in [0.05, 0.1) is 0 Å². The quantitative estimate of drug-likeness (QED) is 0.617. The molecule has 1 aromatic carbocycles. The maximum atomic E-state index is 12.9. The van der Waals surface area contributed by atoms with Crippen LogP contribution in [0.25, 0.3) is 0 Å². The topological polar surface area (TPSA) is 17.1 Å². The predicted octanol–water partition coefficient (Wildman–Crippen LogP) is 2.92. The average molecular weight is 166 g/mol. The summed E-state index contributed by atoms with van der Waals surface area (Å²) in [6.45, 7) is 2.88. The molecule has 0 aliphatic heterocycles. The van der Waals surface area contributed by atoms with Gasteiger partial charge in [0.1, 0.15) is 6.17 Å². The largest absolute Gasteiger partial charge is 0.294 e. The molecule has 0 saturated carbocycles. The molecule has 0 amide bonds. The van der Waals surface area contributed by atoms with E-state index < -0.39 is 6.17 Å². The summed E-state index contributed by atoms with van der Waals surface area (Å²) in [7, 11) is 0. The fourth-order valence-corrected chi connectivity index (χ4v) is 1.16. The van der Waals surface area contributed by atoms with Crippen molar-refractivity contribution < 1.29 is 9.18 Å². The number of hydrogen-bond donors (Lipinski definition) is 0. The van der Waals surface area contributed by atoms with Crippen LogP contribution in [-0.4, -0.2) is 5.78 Å². The molecule has 0 aromatic heterocycles. The van der Waals surface area contributed by atoms with Crippen LogP contribution in [0, 0.1) is 0 Å². The lowest BCUT2D eigenvalue weighted by atomic mass is 10.0. The SMILES string of the molecule is CC(=O)c1ccccc1C(C)F. The Morgan fingerprint density at radius 2 is 2.00 bits per heavy atom. The van der Waals surface area contributed by atoms with Gasteiger partial charge < -0.3 is 0 Å². The van der Waals surface area contributed by atoms with Gasteiger partial charge in [-0.05, 0) is 19.4 Å². The van der Waals surface area contributed by atoms with Gasteiger partial charge >= 0.3 is 0 Å². The molecule has 0 aliphatic rings. The summed E-state index contributed by atoms with van der Waals surface area (Å²) >= 11 is 0. The third-order valence-electron chi connectivity index (χ3n) is 1.77. The number of halogens is 1. The summed E-state index contributed by atoms with van der Waals surface area (Å²) in [5, 5.41) is 0. The predicted molar refractivity (Wildman–Crippen MR) is 46.0 cm³/mol. The Balaban J connectivity index is 3.17. The molecule has 0 aliphatic carbocycles. The normalized spacial score (nSPS) is 12.6. The van der Waals surface area contributed by atoms with Crippen molar-refractivity contribution in [3.63, 3.8) is 0 Å². The second kappa shape index (κ2) is 3.48. The number of alkyl halides is 1. The third kappa shape index (κ3) is 1.70. The van der Waals surface area contributed by atoms with Gasteiger partial charge in [0.15, 0.2) is 5.78 Å². The lowest BCUT2D eigenvalue weighted by molar-refractivity contribution is 0.101. The maximum absolute atomic E-state index is 12.9. The summed E-state index contributed by atoms with van der Waals surface area (Å²) in [5.41, 5.74) is 0.956. The van der Waals surface area contributed by atoms with E-state index in [2.05, 4.69) is 0 Å². The van der Waals surface area contributed by atoms with Crippen LogP contribution in [0.4, 0.5) is 4.39 Å². The number of Topliss-reactive ketones (excluding diaryl/α,β-unsaturated/α-hetero) is 1. The van der Waals surface area contributed by atoms with Crippen LogP contribution in [0.15, 0.2) is 24.3 Å². The second-order valence-corrected chi connectivity index (χ2v) is 2.76. The average Bonchev–Trinajstić information content (AvgIpc) is 2.04. The van der Waals surface area contributed by atoms with Crippen LogP contribution in [0.2, 0.25) is 0 Å². The molecule has 0 N–H and O–H groups in total. The van der Waals surface area contributed by atoms with Crippen LogP contribution in [-0.2, 0) is 0 Å². The van der Waals surface area contributed by atoms with Crippen molar-refractivity contribution in [3.05, 3.63) is 35.4 Å². The molecule has 0 saturated heterocycles. The van der Waals surface area contributed by atoms with Crippen molar-refractivity contribution in [2.24, 2.45) is 0 Å². The lowest BCUT2D eigenvalue weighted by Gasteiger charge is -2.06.